The van der Waals surface area contributed by atoms with Crippen LogP contribution in [0.5, 0.6) is 0 Å². The van der Waals surface area contributed by atoms with Gasteiger partial charge in [-0.2, -0.15) is 0 Å². The average Bonchev–Trinajstić information content (AvgIpc) is 2.62. The Hall–Kier alpha value is -0.340. The van der Waals surface area contributed by atoms with E-state index in [2.05, 4.69) is 38.2 Å². The van der Waals surface area contributed by atoms with E-state index in [-0.39, 0.29) is 0 Å². The second-order valence-corrected chi connectivity index (χ2v) is 6.95. The number of aliphatic hydroxyl groups is 1. The van der Waals surface area contributed by atoms with Crippen molar-refractivity contribution in [1.29, 1.82) is 0 Å². The Kier molecular flexibility index (Phi) is 3.94. The fourth-order valence-corrected chi connectivity index (χ4v) is 3.81. The topological polar surface area (TPSA) is 32.3 Å². The third kappa shape index (κ3) is 3.56. The molecule has 2 heteroatoms. The summed E-state index contributed by atoms with van der Waals surface area (Å²) < 4.78 is 0. The van der Waals surface area contributed by atoms with Gasteiger partial charge in [-0.25, -0.2) is 0 Å². The minimum absolute atomic E-state index is 0.293. The van der Waals surface area contributed by atoms with Gasteiger partial charge >= 0.3 is 0 Å². The van der Waals surface area contributed by atoms with Gasteiger partial charge in [-0.05, 0) is 37.0 Å². The molecule has 0 bridgehead atoms. The summed E-state index contributed by atoms with van der Waals surface area (Å²) in [5, 5.41) is 12.9. The molecule has 0 aromatic heterocycles. The SMILES string of the molecule is CC1CC(N[C@@H]2C=C[C@H](CO)C2)CC(C)(C)C1. The molecule has 0 aromatic carbocycles. The van der Waals surface area contributed by atoms with E-state index in [9.17, 15) is 0 Å². The highest BCUT2D eigenvalue weighted by atomic mass is 16.3. The van der Waals surface area contributed by atoms with Gasteiger partial charge in [-0.1, -0.05) is 32.9 Å². The summed E-state index contributed by atoms with van der Waals surface area (Å²) in [6.07, 6.45) is 9.41. The molecule has 2 N–H and O–H groups in total. The smallest absolute Gasteiger partial charge is 0.0494 e. The lowest BCUT2D eigenvalue weighted by Crippen LogP contribution is -2.44. The van der Waals surface area contributed by atoms with Crippen LogP contribution in [0.15, 0.2) is 12.2 Å². The van der Waals surface area contributed by atoms with Crippen molar-refractivity contribution >= 4 is 0 Å². The first-order valence-electron chi connectivity index (χ1n) is 7.04. The molecular formula is C15H27NO. The fourth-order valence-electron chi connectivity index (χ4n) is 3.81. The normalized spacial score (nSPS) is 40.7. The van der Waals surface area contributed by atoms with Crippen molar-refractivity contribution < 1.29 is 5.11 Å². The Labute approximate surface area is 105 Å². The van der Waals surface area contributed by atoms with Crippen LogP contribution in [-0.2, 0) is 0 Å². The number of hydrogen-bond acceptors (Lipinski definition) is 2. The monoisotopic (exact) mass is 237 g/mol. The minimum atomic E-state index is 0.293. The summed E-state index contributed by atoms with van der Waals surface area (Å²) in [6.45, 7) is 7.44. The molecule has 2 unspecified atom stereocenters. The average molecular weight is 237 g/mol. The van der Waals surface area contributed by atoms with Crippen LogP contribution in [0.3, 0.4) is 0 Å². The first kappa shape index (κ1) is 13.1. The Morgan fingerprint density at radius 1 is 1.24 bits per heavy atom. The van der Waals surface area contributed by atoms with Crippen molar-refractivity contribution in [2.75, 3.05) is 6.61 Å². The zero-order chi connectivity index (χ0) is 12.5. The highest BCUT2D eigenvalue weighted by Crippen LogP contribution is 2.38. The van der Waals surface area contributed by atoms with E-state index in [0.29, 0.717) is 30.0 Å². The molecule has 2 aliphatic carbocycles. The van der Waals surface area contributed by atoms with Crippen LogP contribution in [0.2, 0.25) is 0 Å². The molecule has 0 spiro atoms. The molecule has 0 radical (unpaired) electrons. The number of rotatable bonds is 3. The minimum Gasteiger partial charge on any atom is -0.396 e. The maximum Gasteiger partial charge on any atom is 0.0494 e. The molecule has 2 nitrogen and oxygen atoms in total. The molecule has 0 saturated heterocycles. The predicted molar refractivity (Wildman–Crippen MR) is 71.8 cm³/mol. The Balaban J connectivity index is 1.85. The Morgan fingerprint density at radius 3 is 2.59 bits per heavy atom. The van der Waals surface area contributed by atoms with Crippen LogP contribution in [-0.4, -0.2) is 23.8 Å². The fraction of sp³-hybridized carbons (Fsp3) is 0.867. The molecule has 2 aliphatic rings. The lowest BCUT2D eigenvalue weighted by Gasteiger charge is -2.40. The van der Waals surface area contributed by atoms with Crippen LogP contribution < -0.4 is 5.32 Å². The van der Waals surface area contributed by atoms with Gasteiger partial charge in [0, 0.05) is 24.6 Å². The summed E-state index contributed by atoms with van der Waals surface area (Å²) in [5.41, 5.74) is 0.480. The number of nitrogens with one attached hydrogen (secondary N) is 1. The van der Waals surface area contributed by atoms with Crippen molar-refractivity contribution in [1.82, 2.24) is 5.32 Å². The van der Waals surface area contributed by atoms with Gasteiger partial charge in [0.15, 0.2) is 0 Å². The van der Waals surface area contributed by atoms with E-state index < -0.39 is 0 Å². The molecule has 2 rings (SSSR count). The summed E-state index contributed by atoms with van der Waals surface area (Å²) in [4.78, 5) is 0. The van der Waals surface area contributed by atoms with Crippen LogP contribution in [0.1, 0.15) is 46.5 Å². The van der Waals surface area contributed by atoms with E-state index in [1.165, 1.54) is 19.3 Å². The quantitative estimate of drug-likeness (QED) is 0.740. The second kappa shape index (κ2) is 5.11. The van der Waals surface area contributed by atoms with Crippen molar-refractivity contribution in [3.8, 4) is 0 Å². The molecule has 1 fully saturated rings. The molecule has 0 aliphatic heterocycles. The van der Waals surface area contributed by atoms with E-state index >= 15 is 0 Å². The summed E-state index contributed by atoms with van der Waals surface area (Å²) in [7, 11) is 0. The lowest BCUT2D eigenvalue weighted by molar-refractivity contribution is 0.145. The Morgan fingerprint density at radius 2 is 2.00 bits per heavy atom. The van der Waals surface area contributed by atoms with Crippen LogP contribution in [0.25, 0.3) is 0 Å². The predicted octanol–water partition coefficient (Wildman–Crippen LogP) is 2.73. The Bertz CT molecular complexity index is 285. The third-order valence-corrected chi connectivity index (χ3v) is 4.24. The van der Waals surface area contributed by atoms with Gasteiger partial charge in [0.2, 0.25) is 0 Å². The number of hydrogen-bond donors (Lipinski definition) is 2. The van der Waals surface area contributed by atoms with Crippen LogP contribution >= 0.6 is 0 Å². The van der Waals surface area contributed by atoms with Gasteiger partial charge in [0.05, 0.1) is 0 Å². The third-order valence-electron chi connectivity index (χ3n) is 4.24. The summed E-state index contributed by atoms with van der Waals surface area (Å²) in [6, 6.07) is 1.14. The van der Waals surface area contributed by atoms with Crippen molar-refractivity contribution in [2.24, 2.45) is 17.3 Å². The first-order valence-corrected chi connectivity index (χ1v) is 7.04. The first-order chi connectivity index (χ1) is 7.98. The largest absolute Gasteiger partial charge is 0.396 e. The van der Waals surface area contributed by atoms with Crippen LogP contribution in [0, 0.1) is 17.3 Å². The van der Waals surface area contributed by atoms with E-state index in [1.807, 2.05) is 0 Å². The summed E-state index contributed by atoms with van der Waals surface area (Å²) >= 11 is 0. The van der Waals surface area contributed by atoms with E-state index in [1.54, 1.807) is 0 Å². The standard InChI is InChI=1S/C15H27NO/c1-11-6-14(9-15(2,3)8-11)16-13-5-4-12(7-13)10-17/h4-5,11-14,16-17H,6-10H2,1-3H3/t11?,12-,13+,14?/m0/s1. The summed E-state index contributed by atoms with van der Waals surface area (Å²) in [5.74, 6) is 1.21. The maximum atomic E-state index is 9.14. The maximum absolute atomic E-state index is 9.14. The number of aliphatic hydroxyl groups excluding tert-OH is 1. The van der Waals surface area contributed by atoms with E-state index in [0.717, 1.165) is 12.3 Å². The van der Waals surface area contributed by atoms with Gasteiger partial charge in [0.25, 0.3) is 0 Å². The van der Waals surface area contributed by atoms with Crippen molar-refractivity contribution in [2.45, 2.75) is 58.5 Å². The highest BCUT2D eigenvalue weighted by Gasteiger charge is 2.33. The van der Waals surface area contributed by atoms with Gasteiger partial charge in [-0.15, -0.1) is 0 Å². The highest BCUT2D eigenvalue weighted by molar-refractivity contribution is 5.07. The molecular weight excluding hydrogens is 210 g/mol. The molecule has 1 saturated carbocycles. The zero-order valence-corrected chi connectivity index (χ0v) is 11.4. The van der Waals surface area contributed by atoms with Crippen molar-refractivity contribution in [3.05, 3.63) is 12.2 Å². The molecule has 98 valence electrons. The molecule has 0 amide bonds. The molecule has 0 aromatic rings. The van der Waals surface area contributed by atoms with E-state index in [4.69, 9.17) is 5.11 Å². The van der Waals surface area contributed by atoms with Crippen LogP contribution in [0.4, 0.5) is 0 Å². The van der Waals surface area contributed by atoms with Gasteiger partial charge in [0.1, 0.15) is 0 Å². The lowest BCUT2D eigenvalue weighted by atomic mass is 9.70. The zero-order valence-electron chi connectivity index (χ0n) is 11.4. The second-order valence-electron chi connectivity index (χ2n) is 6.95. The molecule has 4 atom stereocenters. The van der Waals surface area contributed by atoms with Gasteiger partial charge < -0.3 is 10.4 Å². The molecule has 0 heterocycles. The van der Waals surface area contributed by atoms with Gasteiger partial charge in [-0.3, -0.25) is 0 Å². The van der Waals surface area contributed by atoms with Crippen molar-refractivity contribution in [3.63, 3.8) is 0 Å². The molecule has 17 heavy (non-hydrogen) atoms.